The van der Waals surface area contributed by atoms with Gasteiger partial charge in [-0.2, -0.15) is 0 Å². The predicted molar refractivity (Wildman–Crippen MR) is 273 cm³/mol. The average Bonchev–Trinajstić information content (AvgIpc) is 3.25. The van der Waals surface area contributed by atoms with Crippen molar-refractivity contribution in [3.8, 4) is 0 Å². The first-order valence-electron chi connectivity index (χ1n) is 26.9. The Morgan fingerprint density at radius 3 is 1.36 bits per heavy atom. The molecule has 0 N–H and O–H groups in total. The van der Waals surface area contributed by atoms with Crippen molar-refractivity contribution in [2.75, 3.05) is 54.1 Å². The Kier molecular flexibility index (Phi) is 46.8. The van der Waals surface area contributed by atoms with Crippen LogP contribution in [0.5, 0.6) is 0 Å². The molecular formula is C55H104NO7P. The molecule has 0 rings (SSSR count). The van der Waals surface area contributed by atoms with Gasteiger partial charge in [-0.1, -0.05) is 229 Å². The molecule has 64 heavy (non-hydrogen) atoms. The second-order valence-corrected chi connectivity index (χ2v) is 20.6. The van der Waals surface area contributed by atoms with E-state index in [1.54, 1.807) is 0 Å². The number of rotatable bonds is 50. The zero-order chi connectivity index (χ0) is 46.9. The maximum absolute atomic E-state index is 12.7. The van der Waals surface area contributed by atoms with Gasteiger partial charge in [-0.15, -0.1) is 0 Å². The van der Waals surface area contributed by atoms with Crippen LogP contribution < -0.4 is 4.89 Å². The van der Waals surface area contributed by atoms with Crippen LogP contribution in [-0.4, -0.2) is 70.7 Å². The molecule has 0 fully saturated rings. The molecule has 0 heterocycles. The quantitative estimate of drug-likeness (QED) is 0.0197. The van der Waals surface area contributed by atoms with Gasteiger partial charge in [0.2, 0.25) is 0 Å². The SMILES string of the molecule is CC/C=C\C/C=C\C/C=C\C/C=C\CCCCCCCCCCCCCCCOCC(COP(=O)([O-])OCC[N+](C)(C)C)OC(=O)CCCCCCCCCCCCCCCCCC. The Hall–Kier alpha value is -1.54. The van der Waals surface area contributed by atoms with Crippen LogP contribution >= 0.6 is 7.82 Å². The van der Waals surface area contributed by atoms with Gasteiger partial charge in [0, 0.05) is 13.0 Å². The highest BCUT2D eigenvalue weighted by Crippen LogP contribution is 2.38. The molecule has 0 aromatic rings. The molecule has 0 radical (unpaired) electrons. The van der Waals surface area contributed by atoms with Crippen LogP contribution in [0.3, 0.4) is 0 Å². The van der Waals surface area contributed by atoms with E-state index in [0.29, 0.717) is 24.1 Å². The fourth-order valence-electron chi connectivity index (χ4n) is 7.54. The monoisotopic (exact) mass is 922 g/mol. The van der Waals surface area contributed by atoms with E-state index in [2.05, 4.69) is 62.5 Å². The maximum atomic E-state index is 12.7. The highest BCUT2D eigenvalue weighted by atomic mass is 31.2. The van der Waals surface area contributed by atoms with Gasteiger partial charge in [0.25, 0.3) is 7.82 Å². The van der Waals surface area contributed by atoms with Gasteiger partial charge in [0.1, 0.15) is 19.3 Å². The van der Waals surface area contributed by atoms with Crippen molar-refractivity contribution in [2.45, 2.75) is 245 Å². The van der Waals surface area contributed by atoms with Crippen molar-refractivity contribution in [1.82, 2.24) is 0 Å². The zero-order valence-electron chi connectivity index (χ0n) is 42.7. The summed E-state index contributed by atoms with van der Waals surface area (Å²) in [5, 5.41) is 0. The third-order valence-electron chi connectivity index (χ3n) is 11.6. The zero-order valence-corrected chi connectivity index (χ0v) is 43.6. The number of phosphoric ester groups is 1. The van der Waals surface area contributed by atoms with Gasteiger partial charge < -0.3 is 27.9 Å². The fourth-order valence-corrected chi connectivity index (χ4v) is 8.27. The van der Waals surface area contributed by atoms with Gasteiger partial charge in [-0.25, -0.2) is 0 Å². The van der Waals surface area contributed by atoms with Crippen molar-refractivity contribution in [1.29, 1.82) is 0 Å². The van der Waals surface area contributed by atoms with Crippen molar-refractivity contribution >= 4 is 13.8 Å². The molecule has 8 nitrogen and oxygen atoms in total. The number of phosphoric acid groups is 1. The Balaban J connectivity index is 4.06. The number of allylic oxidation sites excluding steroid dienone is 8. The maximum Gasteiger partial charge on any atom is 0.306 e. The average molecular weight is 922 g/mol. The summed E-state index contributed by atoms with van der Waals surface area (Å²) in [5.74, 6) is -0.331. The number of likely N-dealkylation sites (N-methyl/N-ethyl adjacent to an activating group) is 1. The number of carbonyl (C=O) groups excluding carboxylic acids is 1. The molecule has 0 aliphatic carbocycles. The fraction of sp³-hybridized carbons (Fsp3) is 0.836. The smallest absolute Gasteiger partial charge is 0.306 e. The summed E-state index contributed by atoms with van der Waals surface area (Å²) in [4.78, 5) is 25.2. The van der Waals surface area contributed by atoms with Gasteiger partial charge in [-0.05, 0) is 51.4 Å². The standard InChI is InChI=1S/C55H104NO7P/c1-6-8-10-12-14-16-18-20-22-24-25-26-27-28-29-30-31-32-33-35-37-39-41-43-45-47-50-60-52-54(53-62-64(58,59)61-51-49-56(3,4)5)63-55(57)48-46-44-42-40-38-36-34-23-21-19-17-15-13-11-9-7-2/h8,10,14,16,20,22,25-26,54H,6-7,9,11-13,15,17-19,21,23-24,27-53H2,1-5H3/b10-8-,16-14-,22-20-,26-25-. The second-order valence-electron chi connectivity index (χ2n) is 19.2. The lowest BCUT2D eigenvalue weighted by Gasteiger charge is -2.28. The number of hydrogen-bond donors (Lipinski definition) is 0. The Morgan fingerprint density at radius 2 is 0.906 bits per heavy atom. The minimum atomic E-state index is -4.53. The summed E-state index contributed by atoms with van der Waals surface area (Å²) in [5.41, 5.74) is 0. The molecule has 0 spiro atoms. The third-order valence-corrected chi connectivity index (χ3v) is 12.6. The van der Waals surface area contributed by atoms with E-state index < -0.39 is 13.9 Å². The van der Waals surface area contributed by atoms with Crippen molar-refractivity contribution < 1.29 is 37.3 Å². The Labute approximate surface area is 397 Å². The van der Waals surface area contributed by atoms with Gasteiger partial charge in [-0.3, -0.25) is 9.36 Å². The second kappa shape index (κ2) is 47.9. The number of hydrogen-bond acceptors (Lipinski definition) is 7. The van der Waals surface area contributed by atoms with Crippen LogP contribution in [0.1, 0.15) is 239 Å². The lowest BCUT2D eigenvalue weighted by atomic mass is 10.0. The summed E-state index contributed by atoms with van der Waals surface area (Å²) in [7, 11) is 1.36. The van der Waals surface area contributed by atoms with E-state index in [1.807, 2.05) is 21.1 Å². The summed E-state index contributed by atoms with van der Waals surface area (Å²) < 4.78 is 34.8. The molecule has 0 bridgehead atoms. The van der Waals surface area contributed by atoms with Crippen molar-refractivity contribution in [3.05, 3.63) is 48.6 Å². The molecule has 2 atom stereocenters. The number of quaternary nitrogens is 1. The summed E-state index contributed by atoms with van der Waals surface area (Å²) in [6.07, 6.45) is 60.0. The van der Waals surface area contributed by atoms with Crippen molar-refractivity contribution in [3.63, 3.8) is 0 Å². The largest absolute Gasteiger partial charge is 0.756 e. The van der Waals surface area contributed by atoms with Crippen LogP contribution in [0.25, 0.3) is 0 Å². The van der Waals surface area contributed by atoms with Crippen LogP contribution in [0.2, 0.25) is 0 Å². The van der Waals surface area contributed by atoms with Crippen molar-refractivity contribution in [2.24, 2.45) is 0 Å². The number of esters is 1. The molecule has 0 aliphatic heterocycles. The summed E-state index contributed by atoms with van der Waals surface area (Å²) >= 11 is 0. The van der Waals surface area contributed by atoms with Crippen LogP contribution in [0, 0.1) is 0 Å². The molecule has 0 saturated heterocycles. The number of ether oxygens (including phenoxy) is 2. The molecule has 2 unspecified atom stereocenters. The van der Waals surface area contributed by atoms with E-state index in [4.69, 9.17) is 18.5 Å². The summed E-state index contributed by atoms with van der Waals surface area (Å²) in [6, 6.07) is 0. The molecule has 0 saturated carbocycles. The Morgan fingerprint density at radius 1 is 0.500 bits per heavy atom. The van der Waals surface area contributed by atoms with E-state index >= 15 is 0 Å². The molecular weight excluding hydrogens is 818 g/mol. The van der Waals surface area contributed by atoms with E-state index in [9.17, 15) is 14.3 Å². The predicted octanol–water partition coefficient (Wildman–Crippen LogP) is 16.0. The minimum absolute atomic E-state index is 0.0269. The van der Waals surface area contributed by atoms with E-state index in [1.165, 1.54) is 161 Å². The normalized spacial score (nSPS) is 13.9. The molecule has 376 valence electrons. The Bertz CT molecular complexity index is 1160. The molecule has 0 aromatic carbocycles. The molecule has 0 aromatic heterocycles. The highest BCUT2D eigenvalue weighted by Gasteiger charge is 2.20. The number of carbonyl (C=O) groups is 1. The first kappa shape index (κ1) is 62.5. The first-order chi connectivity index (χ1) is 31.1. The van der Waals surface area contributed by atoms with Gasteiger partial charge >= 0.3 is 5.97 Å². The van der Waals surface area contributed by atoms with Gasteiger partial charge in [0.05, 0.1) is 34.4 Å². The third kappa shape index (κ3) is 51.4. The highest BCUT2D eigenvalue weighted by molar-refractivity contribution is 7.45. The van der Waals surface area contributed by atoms with Crippen LogP contribution in [0.4, 0.5) is 0 Å². The first-order valence-corrected chi connectivity index (χ1v) is 28.3. The minimum Gasteiger partial charge on any atom is -0.756 e. The topological polar surface area (TPSA) is 94.1 Å². The summed E-state index contributed by atoms with van der Waals surface area (Å²) in [6.45, 7) is 5.34. The molecule has 0 aliphatic rings. The van der Waals surface area contributed by atoms with E-state index in [-0.39, 0.29) is 25.8 Å². The van der Waals surface area contributed by atoms with Crippen LogP contribution in [-0.2, 0) is 27.9 Å². The molecule has 9 heteroatoms. The number of unbranched alkanes of at least 4 members (excludes halogenated alkanes) is 28. The number of nitrogens with zero attached hydrogens (tertiary/aromatic N) is 1. The molecule has 0 amide bonds. The van der Waals surface area contributed by atoms with Crippen LogP contribution in [0.15, 0.2) is 48.6 Å². The van der Waals surface area contributed by atoms with Gasteiger partial charge in [0.15, 0.2) is 0 Å². The lowest BCUT2D eigenvalue weighted by molar-refractivity contribution is -0.870. The lowest BCUT2D eigenvalue weighted by Crippen LogP contribution is -2.37. The van der Waals surface area contributed by atoms with E-state index in [0.717, 1.165) is 57.8 Å².